The summed E-state index contributed by atoms with van der Waals surface area (Å²) in [6, 6.07) is 9.41. The number of nitrogens with zero attached hydrogens (tertiary/aromatic N) is 1. The Kier molecular flexibility index (Phi) is 6.08. The number of hydrogen-bond acceptors (Lipinski definition) is 5. The van der Waals surface area contributed by atoms with Crippen LogP contribution in [0.1, 0.15) is 27.7 Å². The van der Waals surface area contributed by atoms with E-state index in [-0.39, 0.29) is 15.7 Å². The van der Waals surface area contributed by atoms with Crippen molar-refractivity contribution in [2.45, 2.75) is 24.8 Å². The van der Waals surface area contributed by atoms with E-state index in [0.717, 1.165) is 23.4 Å². The standard InChI is InChI=1S/C18H23N3O3S2/c1-2-19-9-10-20-18(22)17-16(8-12-25-17)26(23,24)21-11-7-14-5-3-4-6-15(14)13-21/h3-6,8,12,19H,2,7,9-11,13H2,1H3,(H,20,22). The van der Waals surface area contributed by atoms with Crippen LogP contribution in [0, 0.1) is 0 Å². The van der Waals surface area contributed by atoms with Crippen LogP contribution >= 0.6 is 11.3 Å². The lowest BCUT2D eigenvalue weighted by Gasteiger charge is -2.28. The molecule has 8 heteroatoms. The van der Waals surface area contributed by atoms with E-state index in [1.54, 1.807) is 5.38 Å². The molecule has 1 aromatic heterocycles. The molecule has 1 amide bonds. The summed E-state index contributed by atoms with van der Waals surface area (Å²) in [4.78, 5) is 12.8. The summed E-state index contributed by atoms with van der Waals surface area (Å²) in [6.45, 7) is 4.69. The molecule has 0 spiro atoms. The molecule has 0 saturated heterocycles. The van der Waals surface area contributed by atoms with Gasteiger partial charge in [-0.1, -0.05) is 31.2 Å². The van der Waals surface area contributed by atoms with Crippen molar-refractivity contribution in [1.82, 2.24) is 14.9 Å². The number of sulfonamides is 1. The van der Waals surface area contributed by atoms with Gasteiger partial charge in [-0.05, 0) is 35.5 Å². The van der Waals surface area contributed by atoms with E-state index >= 15 is 0 Å². The molecule has 3 rings (SSSR count). The summed E-state index contributed by atoms with van der Waals surface area (Å²) in [5, 5.41) is 7.55. The highest BCUT2D eigenvalue weighted by atomic mass is 32.2. The third-order valence-corrected chi connectivity index (χ3v) is 7.32. The lowest BCUT2D eigenvalue weighted by molar-refractivity contribution is 0.0955. The number of nitrogens with one attached hydrogen (secondary N) is 2. The van der Waals surface area contributed by atoms with Gasteiger partial charge in [-0.25, -0.2) is 8.42 Å². The van der Waals surface area contributed by atoms with Crippen LogP contribution in [-0.2, 0) is 23.0 Å². The Morgan fingerprint density at radius 1 is 1.19 bits per heavy atom. The zero-order valence-corrected chi connectivity index (χ0v) is 16.3. The summed E-state index contributed by atoms with van der Waals surface area (Å²) in [6.07, 6.45) is 0.684. The number of amides is 1. The largest absolute Gasteiger partial charge is 0.350 e. The van der Waals surface area contributed by atoms with E-state index < -0.39 is 10.0 Å². The highest BCUT2D eigenvalue weighted by Gasteiger charge is 2.32. The number of carbonyl (C=O) groups excluding carboxylic acids is 1. The van der Waals surface area contributed by atoms with Crippen molar-refractivity contribution < 1.29 is 13.2 Å². The highest BCUT2D eigenvalue weighted by Crippen LogP contribution is 2.29. The molecule has 0 fully saturated rings. The normalized spacial score (nSPS) is 14.8. The minimum absolute atomic E-state index is 0.0998. The first-order valence-corrected chi connectivity index (χ1v) is 11.0. The Bertz CT molecular complexity index is 877. The maximum Gasteiger partial charge on any atom is 0.262 e. The molecule has 0 bridgehead atoms. The van der Waals surface area contributed by atoms with Crippen LogP contribution in [0.5, 0.6) is 0 Å². The minimum Gasteiger partial charge on any atom is -0.350 e. The van der Waals surface area contributed by atoms with Crippen molar-refractivity contribution >= 4 is 27.3 Å². The van der Waals surface area contributed by atoms with Crippen LogP contribution < -0.4 is 10.6 Å². The summed E-state index contributed by atoms with van der Waals surface area (Å²) >= 11 is 1.16. The van der Waals surface area contributed by atoms with Gasteiger partial charge in [-0.2, -0.15) is 4.31 Å². The molecule has 140 valence electrons. The number of thiophene rings is 1. The summed E-state index contributed by atoms with van der Waals surface area (Å²) in [5.74, 6) is -0.339. The number of likely N-dealkylation sites (N-methyl/N-ethyl adjacent to an activating group) is 1. The van der Waals surface area contributed by atoms with Crippen LogP contribution in [0.15, 0.2) is 40.6 Å². The van der Waals surface area contributed by atoms with Crippen LogP contribution in [0.2, 0.25) is 0 Å². The first-order valence-electron chi connectivity index (χ1n) is 8.67. The summed E-state index contributed by atoms with van der Waals surface area (Å²) < 4.78 is 27.7. The van der Waals surface area contributed by atoms with Gasteiger partial charge in [0.2, 0.25) is 10.0 Å². The maximum atomic E-state index is 13.1. The van der Waals surface area contributed by atoms with Gasteiger partial charge in [-0.3, -0.25) is 4.79 Å². The Hall–Kier alpha value is -1.74. The second kappa shape index (κ2) is 8.30. The molecular weight excluding hydrogens is 370 g/mol. The van der Waals surface area contributed by atoms with Gasteiger partial charge in [0.1, 0.15) is 9.77 Å². The molecule has 1 aliphatic heterocycles. The van der Waals surface area contributed by atoms with Gasteiger partial charge < -0.3 is 10.6 Å². The number of fused-ring (bicyclic) bond motifs is 1. The zero-order chi connectivity index (χ0) is 18.6. The second-order valence-corrected chi connectivity index (χ2v) is 8.90. The third kappa shape index (κ3) is 3.98. The molecule has 0 atom stereocenters. The number of carbonyl (C=O) groups is 1. The predicted molar refractivity (Wildman–Crippen MR) is 103 cm³/mol. The van der Waals surface area contributed by atoms with Crippen molar-refractivity contribution in [3.63, 3.8) is 0 Å². The Labute approximate surface area is 158 Å². The van der Waals surface area contributed by atoms with E-state index in [1.165, 1.54) is 15.9 Å². The van der Waals surface area contributed by atoms with Crippen LogP contribution in [0.4, 0.5) is 0 Å². The van der Waals surface area contributed by atoms with Crippen LogP contribution in [0.25, 0.3) is 0 Å². The van der Waals surface area contributed by atoms with Crippen LogP contribution in [0.3, 0.4) is 0 Å². The molecular formula is C18H23N3O3S2. The van der Waals surface area contributed by atoms with Gasteiger partial charge in [0.25, 0.3) is 5.91 Å². The molecule has 0 saturated carbocycles. The fraction of sp³-hybridized carbons (Fsp3) is 0.389. The maximum absolute atomic E-state index is 13.1. The topological polar surface area (TPSA) is 78.5 Å². The van der Waals surface area contributed by atoms with Gasteiger partial charge in [0.05, 0.1) is 0 Å². The molecule has 0 radical (unpaired) electrons. The van der Waals surface area contributed by atoms with E-state index in [1.807, 2.05) is 31.2 Å². The van der Waals surface area contributed by atoms with Crippen molar-refractivity contribution in [3.05, 3.63) is 51.7 Å². The first-order chi connectivity index (χ1) is 12.5. The average molecular weight is 394 g/mol. The molecule has 2 N–H and O–H groups in total. The average Bonchev–Trinajstić information content (AvgIpc) is 3.15. The predicted octanol–water partition coefficient (Wildman–Crippen LogP) is 1.83. The second-order valence-electron chi connectivity index (χ2n) is 6.08. The van der Waals surface area contributed by atoms with Gasteiger partial charge in [0.15, 0.2) is 0 Å². The lowest BCUT2D eigenvalue weighted by atomic mass is 10.0. The smallest absolute Gasteiger partial charge is 0.262 e. The molecule has 1 aliphatic rings. The lowest BCUT2D eigenvalue weighted by Crippen LogP contribution is -2.37. The molecule has 1 aromatic carbocycles. The number of hydrogen-bond donors (Lipinski definition) is 2. The van der Waals surface area contributed by atoms with Crippen LogP contribution in [-0.4, -0.2) is 44.8 Å². The number of benzene rings is 1. The number of rotatable bonds is 7. The Balaban J connectivity index is 1.77. The molecule has 6 nitrogen and oxygen atoms in total. The SMILES string of the molecule is CCNCCNC(=O)c1sccc1S(=O)(=O)N1CCc2ccccc2C1. The van der Waals surface area contributed by atoms with E-state index in [2.05, 4.69) is 10.6 Å². The Morgan fingerprint density at radius 2 is 1.96 bits per heavy atom. The minimum atomic E-state index is -3.71. The molecule has 2 aromatic rings. The molecule has 26 heavy (non-hydrogen) atoms. The van der Waals surface area contributed by atoms with Crippen molar-refractivity contribution in [3.8, 4) is 0 Å². The molecule has 0 aliphatic carbocycles. The van der Waals surface area contributed by atoms with E-state index in [0.29, 0.717) is 32.6 Å². The fourth-order valence-corrected chi connectivity index (χ4v) is 5.74. The van der Waals surface area contributed by atoms with Crippen molar-refractivity contribution in [1.29, 1.82) is 0 Å². The monoisotopic (exact) mass is 393 g/mol. The molecule has 0 unspecified atom stereocenters. The molecule has 2 heterocycles. The zero-order valence-electron chi connectivity index (χ0n) is 14.7. The summed E-state index contributed by atoms with van der Waals surface area (Å²) in [5.41, 5.74) is 2.21. The highest BCUT2D eigenvalue weighted by molar-refractivity contribution is 7.89. The fourth-order valence-electron chi connectivity index (χ4n) is 3.00. The van der Waals surface area contributed by atoms with E-state index in [4.69, 9.17) is 0 Å². The Morgan fingerprint density at radius 3 is 2.73 bits per heavy atom. The quantitative estimate of drug-likeness (QED) is 0.704. The van der Waals surface area contributed by atoms with Crippen molar-refractivity contribution in [2.75, 3.05) is 26.2 Å². The first kappa shape index (κ1) is 19.0. The van der Waals surface area contributed by atoms with Gasteiger partial charge >= 0.3 is 0 Å². The van der Waals surface area contributed by atoms with Gasteiger partial charge in [-0.15, -0.1) is 11.3 Å². The van der Waals surface area contributed by atoms with Gasteiger partial charge in [0, 0.05) is 26.2 Å². The third-order valence-electron chi connectivity index (χ3n) is 4.39. The van der Waals surface area contributed by atoms with E-state index in [9.17, 15) is 13.2 Å². The van der Waals surface area contributed by atoms with Crippen molar-refractivity contribution in [2.24, 2.45) is 0 Å². The summed E-state index contributed by atoms with van der Waals surface area (Å²) in [7, 11) is -3.71.